The van der Waals surface area contributed by atoms with Gasteiger partial charge in [-0.05, 0) is 36.0 Å². The summed E-state index contributed by atoms with van der Waals surface area (Å²) in [5, 5.41) is 20.4. The minimum atomic E-state index is -0.507. The Kier molecular flexibility index (Phi) is 3.19. The van der Waals surface area contributed by atoms with Crippen molar-refractivity contribution in [3.8, 4) is 6.07 Å². The number of non-ortho nitro benzene ring substituents is 1. The zero-order chi connectivity index (χ0) is 14.9. The van der Waals surface area contributed by atoms with E-state index in [-0.39, 0.29) is 5.69 Å². The van der Waals surface area contributed by atoms with E-state index in [0.29, 0.717) is 6.42 Å². The quantitative estimate of drug-likeness (QED) is 0.637. The van der Waals surface area contributed by atoms with Crippen LogP contribution in [0.25, 0.3) is 0 Å². The van der Waals surface area contributed by atoms with Gasteiger partial charge >= 0.3 is 0 Å². The van der Waals surface area contributed by atoms with Crippen molar-refractivity contribution in [2.45, 2.75) is 24.7 Å². The summed E-state index contributed by atoms with van der Waals surface area (Å²) in [5.41, 5.74) is 2.87. The first kappa shape index (κ1) is 13.3. The van der Waals surface area contributed by atoms with Crippen molar-refractivity contribution in [1.82, 2.24) is 0 Å². The SMILES string of the molecule is N#CC1(Cc2ccc([N+](=O)[O-])cc2)CCc2ccccc21. The molecule has 0 aromatic heterocycles. The van der Waals surface area contributed by atoms with E-state index < -0.39 is 10.3 Å². The molecule has 1 unspecified atom stereocenters. The summed E-state index contributed by atoms with van der Waals surface area (Å²) in [6.07, 6.45) is 2.31. The minimum absolute atomic E-state index is 0.0802. The highest BCUT2D eigenvalue weighted by molar-refractivity contribution is 5.46. The van der Waals surface area contributed by atoms with Crippen LogP contribution in [0.4, 0.5) is 5.69 Å². The first-order chi connectivity index (χ1) is 10.1. The van der Waals surface area contributed by atoms with Crippen LogP contribution in [0.1, 0.15) is 23.1 Å². The Hall–Kier alpha value is -2.67. The third kappa shape index (κ3) is 2.27. The molecule has 2 aromatic carbocycles. The predicted molar refractivity (Wildman–Crippen MR) is 78.9 cm³/mol. The highest BCUT2D eigenvalue weighted by Gasteiger charge is 2.38. The Morgan fingerprint density at radius 1 is 1.19 bits per heavy atom. The molecule has 1 aliphatic rings. The molecular weight excluding hydrogens is 264 g/mol. The maximum Gasteiger partial charge on any atom is 0.269 e. The summed E-state index contributed by atoms with van der Waals surface area (Å²) < 4.78 is 0. The average Bonchev–Trinajstić information content (AvgIpc) is 2.87. The summed E-state index contributed by atoms with van der Waals surface area (Å²) in [5.74, 6) is 0. The molecule has 0 saturated heterocycles. The van der Waals surface area contributed by atoms with Crippen molar-refractivity contribution in [1.29, 1.82) is 5.26 Å². The second kappa shape index (κ2) is 5.02. The fraction of sp³-hybridized carbons (Fsp3) is 0.235. The van der Waals surface area contributed by atoms with Crippen molar-refractivity contribution < 1.29 is 4.92 Å². The lowest BCUT2D eigenvalue weighted by Crippen LogP contribution is -2.23. The van der Waals surface area contributed by atoms with Crippen LogP contribution in [-0.4, -0.2) is 4.92 Å². The molecule has 0 heterocycles. The number of nitro benzene ring substituents is 1. The summed E-state index contributed by atoms with van der Waals surface area (Å²) in [6.45, 7) is 0. The van der Waals surface area contributed by atoms with E-state index >= 15 is 0 Å². The number of hydrogen-bond donors (Lipinski definition) is 0. The van der Waals surface area contributed by atoms with Gasteiger partial charge in [-0.2, -0.15) is 5.26 Å². The number of rotatable bonds is 3. The van der Waals surface area contributed by atoms with Crippen molar-refractivity contribution in [3.05, 3.63) is 75.3 Å². The van der Waals surface area contributed by atoms with Crippen LogP contribution in [0.15, 0.2) is 48.5 Å². The van der Waals surface area contributed by atoms with Gasteiger partial charge in [0.2, 0.25) is 0 Å². The lowest BCUT2D eigenvalue weighted by atomic mass is 9.78. The smallest absolute Gasteiger partial charge is 0.258 e. The third-order valence-electron chi connectivity index (χ3n) is 4.22. The zero-order valence-corrected chi connectivity index (χ0v) is 11.5. The van der Waals surface area contributed by atoms with E-state index in [2.05, 4.69) is 12.1 Å². The van der Waals surface area contributed by atoms with Crippen molar-refractivity contribution in [2.75, 3.05) is 0 Å². The lowest BCUT2D eigenvalue weighted by Gasteiger charge is -2.22. The summed E-state index contributed by atoms with van der Waals surface area (Å²) >= 11 is 0. The molecule has 4 heteroatoms. The molecule has 0 aliphatic heterocycles. The van der Waals surface area contributed by atoms with Crippen LogP contribution < -0.4 is 0 Å². The summed E-state index contributed by atoms with van der Waals surface area (Å²) in [7, 11) is 0. The zero-order valence-electron chi connectivity index (χ0n) is 11.5. The molecular formula is C17H14N2O2. The Labute approximate surface area is 122 Å². The third-order valence-corrected chi connectivity index (χ3v) is 4.22. The molecule has 0 N–H and O–H groups in total. The summed E-state index contributed by atoms with van der Waals surface area (Å²) in [6, 6.07) is 17.0. The second-order valence-corrected chi connectivity index (χ2v) is 5.45. The molecule has 1 aliphatic carbocycles. The maximum atomic E-state index is 10.7. The Morgan fingerprint density at radius 2 is 1.90 bits per heavy atom. The highest BCUT2D eigenvalue weighted by atomic mass is 16.6. The van der Waals surface area contributed by atoms with E-state index in [1.807, 2.05) is 18.2 Å². The number of nitriles is 1. The Bertz CT molecular complexity index is 731. The fourth-order valence-electron chi connectivity index (χ4n) is 3.11. The molecule has 0 amide bonds. The van der Waals surface area contributed by atoms with Crippen molar-refractivity contribution >= 4 is 5.69 Å². The first-order valence-corrected chi connectivity index (χ1v) is 6.88. The summed E-state index contributed by atoms with van der Waals surface area (Å²) in [4.78, 5) is 10.3. The first-order valence-electron chi connectivity index (χ1n) is 6.88. The van der Waals surface area contributed by atoms with E-state index in [0.717, 1.165) is 24.0 Å². The minimum Gasteiger partial charge on any atom is -0.258 e. The molecule has 3 rings (SSSR count). The van der Waals surface area contributed by atoms with Crippen LogP contribution in [0.2, 0.25) is 0 Å². The van der Waals surface area contributed by atoms with Crippen LogP contribution in [-0.2, 0) is 18.3 Å². The van der Waals surface area contributed by atoms with Gasteiger partial charge in [-0.25, -0.2) is 0 Å². The van der Waals surface area contributed by atoms with Crippen LogP contribution in [0.3, 0.4) is 0 Å². The van der Waals surface area contributed by atoms with Gasteiger partial charge in [0, 0.05) is 12.1 Å². The van der Waals surface area contributed by atoms with E-state index in [1.54, 1.807) is 12.1 Å². The van der Waals surface area contributed by atoms with Crippen LogP contribution in [0.5, 0.6) is 0 Å². The molecule has 1 atom stereocenters. The number of aryl methyl sites for hydroxylation is 1. The van der Waals surface area contributed by atoms with Crippen molar-refractivity contribution in [3.63, 3.8) is 0 Å². The van der Waals surface area contributed by atoms with Gasteiger partial charge in [0.25, 0.3) is 5.69 Å². The molecule has 0 fully saturated rings. The van der Waals surface area contributed by atoms with Crippen molar-refractivity contribution in [2.24, 2.45) is 0 Å². The van der Waals surface area contributed by atoms with E-state index in [1.165, 1.54) is 17.7 Å². The maximum absolute atomic E-state index is 10.7. The molecule has 4 nitrogen and oxygen atoms in total. The van der Waals surface area contributed by atoms with Gasteiger partial charge in [0.05, 0.1) is 16.4 Å². The normalized spacial score (nSPS) is 19.8. The number of fused-ring (bicyclic) bond motifs is 1. The highest BCUT2D eigenvalue weighted by Crippen LogP contribution is 2.41. The van der Waals surface area contributed by atoms with Crippen LogP contribution in [0, 0.1) is 21.4 Å². The largest absolute Gasteiger partial charge is 0.269 e. The van der Waals surface area contributed by atoms with Gasteiger partial charge in [-0.1, -0.05) is 36.4 Å². The Balaban J connectivity index is 1.93. The molecule has 0 radical (unpaired) electrons. The monoisotopic (exact) mass is 278 g/mol. The molecule has 21 heavy (non-hydrogen) atoms. The Morgan fingerprint density at radius 3 is 2.57 bits per heavy atom. The molecule has 0 spiro atoms. The predicted octanol–water partition coefficient (Wildman–Crippen LogP) is 3.55. The second-order valence-electron chi connectivity index (χ2n) is 5.45. The van der Waals surface area contributed by atoms with Gasteiger partial charge in [0.1, 0.15) is 0 Å². The van der Waals surface area contributed by atoms with Gasteiger partial charge in [0.15, 0.2) is 0 Å². The fourth-order valence-corrected chi connectivity index (χ4v) is 3.11. The lowest BCUT2D eigenvalue weighted by molar-refractivity contribution is -0.384. The molecule has 104 valence electrons. The standard InChI is InChI=1S/C17H14N2O2/c18-12-17(10-9-14-3-1-2-4-16(14)17)11-13-5-7-15(8-6-13)19(20)21/h1-8H,9-11H2. The van der Waals surface area contributed by atoms with Gasteiger partial charge in [-0.3, -0.25) is 10.1 Å². The van der Waals surface area contributed by atoms with Gasteiger partial charge < -0.3 is 0 Å². The molecule has 0 saturated carbocycles. The van der Waals surface area contributed by atoms with Gasteiger partial charge in [-0.15, -0.1) is 0 Å². The van der Waals surface area contributed by atoms with E-state index in [4.69, 9.17) is 0 Å². The number of nitro groups is 1. The molecule has 0 bridgehead atoms. The van der Waals surface area contributed by atoms with Crippen LogP contribution >= 0.6 is 0 Å². The topological polar surface area (TPSA) is 66.9 Å². The number of benzene rings is 2. The molecule has 2 aromatic rings. The van der Waals surface area contributed by atoms with E-state index in [9.17, 15) is 15.4 Å². The average molecular weight is 278 g/mol. The number of nitrogens with zero attached hydrogens (tertiary/aromatic N) is 2. The number of hydrogen-bond acceptors (Lipinski definition) is 3.